The summed E-state index contributed by atoms with van der Waals surface area (Å²) < 4.78 is 71.8. The standard InChI is InChI=1S/C31H32Cl2F2N4O8S2.ClH/c32-23-15-38(42)16-24(33)22(23)14-26(19-6-7-25(47-31(34)35)27(13-19)45-17-18-4-5-18)46-30(41)29-39(10-11-48-29)49(43,44)21-3-1-2-20(12-21)28(40)37-9-8-36;/h1-3,6-7,12-13,15-16,18,26,29,31H,4-5,8-11,14,17,36H2,(H,37,40);1H/t26-,29-;/m0./s1. The predicted octanol–water partition coefficient (Wildman–Crippen LogP) is 4.72. The number of halogens is 5. The van der Waals surface area contributed by atoms with E-state index in [4.69, 9.17) is 38.4 Å². The molecule has 1 saturated heterocycles. The number of hydrogen-bond donors (Lipinski definition) is 2. The number of thioether (sulfide) groups is 1. The quantitative estimate of drug-likeness (QED) is 0.125. The lowest BCUT2D eigenvalue weighted by Gasteiger charge is -2.26. The Morgan fingerprint density at radius 1 is 1.12 bits per heavy atom. The largest absolute Gasteiger partial charge is 0.619 e. The summed E-state index contributed by atoms with van der Waals surface area (Å²) in [5.41, 5.74) is 6.06. The number of esters is 1. The lowest BCUT2D eigenvalue weighted by atomic mass is 10.0. The molecule has 2 fully saturated rings. The molecule has 12 nitrogen and oxygen atoms in total. The Balaban J connectivity index is 0.00000562. The van der Waals surface area contributed by atoms with Crippen molar-refractivity contribution in [2.24, 2.45) is 11.7 Å². The molecule has 19 heteroatoms. The van der Waals surface area contributed by atoms with Crippen molar-refractivity contribution in [3.8, 4) is 11.5 Å². The van der Waals surface area contributed by atoms with Gasteiger partial charge in [0.1, 0.15) is 16.1 Å². The Bertz CT molecular complexity index is 1780. The SMILES string of the molecule is Cl.NCCNC(=O)c1cccc(S(=O)(=O)N2CCS[C@H]2C(=O)O[C@@H](Cc2c(Cl)c[n+]([O-])cc2Cl)c2ccc(OC(F)F)c(OCC3CC3)c2)c1. The number of sulfonamides is 1. The Labute approximate surface area is 307 Å². The molecule has 0 bridgehead atoms. The summed E-state index contributed by atoms with van der Waals surface area (Å²) in [6.45, 7) is -2.51. The number of carbonyl (C=O) groups is 2. The molecule has 1 aliphatic carbocycles. The van der Waals surface area contributed by atoms with Gasteiger partial charge in [-0.1, -0.05) is 35.3 Å². The second-order valence-electron chi connectivity index (χ2n) is 11.2. The molecule has 50 heavy (non-hydrogen) atoms. The molecular weight excluding hydrogens is 765 g/mol. The molecule has 2 heterocycles. The molecule has 3 aromatic rings. The van der Waals surface area contributed by atoms with Crippen LogP contribution in [-0.4, -0.2) is 68.6 Å². The van der Waals surface area contributed by atoms with Gasteiger partial charge in [0, 0.05) is 42.9 Å². The highest BCUT2D eigenvalue weighted by atomic mass is 35.5. The second kappa shape index (κ2) is 17.4. The first-order valence-corrected chi connectivity index (χ1v) is 18.3. The van der Waals surface area contributed by atoms with Crippen LogP contribution in [0.5, 0.6) is 11.5 Å². The number of carbonyl (C=O) groups excluding carboxylic acids is 2. The lowest BCUT2D eigenvalue weighted by molar-refractivity contribution is -0.605. The van der Waals surface area contributed by atoms with Crippen molar-refractivity contribution in [1.29, 1.82) is 0 Å². The number of alkyl halides is 2. The molecule has 2 aliphatic rings. The van der Waals surface area contributed by atoms with Crippen LogP contribution in [0.4, 0.5) is 8.78 Å². The molecule has 5 rings (SSSR count). The third kappa shape index (κ3) is 9.80. The van der Waals surface area contributed by atoms with Gasteiger partial charge in [-0.15, -0.1) is 24.2 Å². The number of nitrogens with zero attached hydrogens (tertiary/aromatic N) is 2. The zero-order valence-corrected chi connectivity index (χ0v) is 30.1. The predicted molar refractivity (Wildman–Crippen MR) is 184 cm³/mol. The molecule has 0 spiro atoms. The van der Waals surface area contributed by atoms with E-state index in [2.05, 4.69) is 10.1 Å². The molecule has 272 valence electrons. The average molecular weight is 798 g/mol. The van der Waals surface area contributed by atoms with Gasteiger partial charge in [0.25, 0.3) is 5.91 Å². The maximum absolute atomic E-state index is 13.8. The molecule has 0 unspecified atom stereocenters. The van der Waals surface area contributed by atoms with E-state index in [1.807, 2.05) is 0 Å². The minimum absolute atomic E-state index is 0. The van der Waals surface area contributed by atoms with Crippen LogP contribution < -0.4 is 25.3 Å². The number of hydrogen-bond acceptors (Lipinski definition) is 10. The Morgan fingerprint density at radius 3 is 2.50 bits per heavy atom. The lowest BCUT2D eigenvalue weighted by Crippen LogP contribution is -2.41. The summed E-state index contributed by atoms with van der Waals surface area (Å²) in [7, 11) is -4.30. The van der Waals surface area contributed by atoms with E-state index < -0.39 is 40.0 Å². The normalized spacial score (nSPS) is 16.8. The number of benzene rings is 2. The maximum atomic E-state index is 13.8. The van der Waals surface area contributed by atoms with Crippen LogP contribution in [0.1, 0.15) is 40.4 Å². The van der Waals surface area contributed by atoms with Crippen molar-refractivity contribution in [2.45, 2.75) is 42.2 Å². The first kappa shape index (κ1) is 39.7. The highest BCUT2D eigenvalue weighted by Gasteiger charge is 2.42. The number of nitrogens with two attached hydrogens (primary N) is 1. The number of amides is 1. The van der Waals surface area contributed by atoms with Crippen LogP contribution in [0.25, 0.3) is 0 Å². The van der Waals surface area contributed by atoms with Crippen molar-refractivity contribution >= 4 is 69.3 Å². The average Bonchev–Trinajstić information content (AvgIpc) is 3.75. The van der Waals surface area contributed by atoms with Gasteiger partial charge in [-0.2, -0.15) is 17.8 Å². The molecule has 1 aromatic heterocycles. The zero-order valence-electron chi connectivity index (χ0n) is 26.1. The third-order valence-electron chi connectivity index (χ3n) is 7.62. The Morgan fingerprint density at radius 2 is 1.84 bits per heavy atom. The van der Waals surface area contributed by atoms with Crippen LogP contribution in [0.2, 0.25) is 10.0 Å². The van der Waals surface area contributed by atoms with Crippen molar-refractivity contribution in [2.75, 3.05) is 32.0 Å². The van der Waals surface area contributed by atoms with Gasteiger partial charge in [-0.05, 0) is 54.7 Å². The first-order chi connectivity index (χ1) is 23.4. The number of rotatable bonds is 15. The van der Waals surface area contributed by atoms with Crippen LogP contribution in [0.3, 0.4) is 0 Å². The Kier molecular flexibility index (Phi) is 13.8. The fraction of sp³-hybridized carbons (Fsp3) is 0.387. The number of aromatic nitrogens is 1. The summed E-state index contributed by atoms with van der Waals surface area (Å²) in [6, 6.07) is 9.45. The van der Waals surface area contributed by atoms with E-state index in [1.165, 1.54) is 42.5 Å². The van der Waals surface area contributed by atoms with Gasteiger partial charge in [0.2, 0.25) is 10.0 Å². The summed E-state index contributed by atoms with van der Waals surface area (Å²) in [6.07, 6.45) is 2.62. The van der Waals surface area contributed by atoms with Gasteiger partial charge < -0.3 is 30.5 Å². The molecule has 2 atom stereocenters. The molecule has 1 saturated carbocycles. The minimum Gasteiger partial charge on any atom is -0.619 e. The molecule has 2 aromatic carbocycles. The van der Waals surface area contributed by atoms with E-state index >= 15 is 0 Å². The number of nitrogens with one attached hydrogen (secondary N) is 1. The summed E-state index contributed by atoms with van der Waals surface area (Å²) in [5.74, 6) is -1.14. The van der Waals surface area contributed by atoms with Crippen LogP contribution >= 0.6 is 47.4 Å². The molecular formula is C31H33Cl3F2N4O8S2. The first-order valence-electron chi connectivity index (χ1n) is 15.1. The third-order valence-corrected chi connectivity index (χ3v) is 11.4. The van der Waals surface area contributed by atoms with Gasteiger partial charge in [-0.25, -0.2) is 13.2 Å². The smallest absolute Gasteiger partial charge is 0.387 e. The van der Waals surface area contributed by atoms with Crippen molar-refractivity contribution in [3.05, 3.63) is 86.8 Å². The van der Waals surface area contributed by atoms with Crippen molar-refractivity contribution < 1.29 is 45.7 Å². The van der Waals surface area contributed by atoms with Gasteiger partial charge in [-0.3, -0.25) is 4.79 Å². The highest BCUT2D eigenvalue weighted by molar-refractivity contribution is 8.02. The topological polar surface area (TPSA) is 164 Å². The monoisotopic (exact) mass is 796 g/mol. The van der Waals surface area contributed by atoms with Crippen molar-refractivity contribution in [1.82, 2.24) is 9.62 Å². The molecule has 1 amide bonds. The minimum atomic E-state index is -4.30. The maximum Gasteiger partial charge on any atom is 0.387 e. The molecule has 3 N–H and O–H groups in total. The van der Waals surface area contributed by atoms with E-state index in [0.717, 1.165) is 41.3 Å². The van der Waals surface area contributed by atoms with Gasteiger partial charge in [0.15, 0.2) is 29.3 Å². The van der Waals surface area contributed by atoms with E-state index in [9.17, 15) is 32.0 Å². The fourth-order valence-corrected chi connectivity index (χ4v) is 8.66. The summed E-state index contributed by atoms with van der Waals surface area (Å²) in [5, 5.41) is 13.1. The van der Waals surface area contributed by atoms with Gasteiger partial charge in [0.05, 0.1) is 11.5 Å². The van der Waals surface area contributed by atoms with E-state index in [0.29, 0.717) is 4.73 Å². The molecule has 1 aliphatic heterocycles. The zero-order chi connectivity index (χ0) is 35.3. The van der Waals surface area contributed by atoms with E-state index in [1.54, 1.807) is 0 Å². The second-order valence-corrected chi connectivity index (χ2v) is 15.1. The van der Waals surface area contributed by atoms with Crippen LogP contribution in [0.15, 0.2) is 59.8 Å². The van der Waals surface area contributed by atoms with Gasteiger partial charge >= 0.3 is 12.6 Å². The summed E-state index contributed by atoms with van der Waals surface area (Å²) in [4.78, 5) is 26.1. The molecule has 0 radical (unpaired) electrons. The van der Waals surface area contributed by atoms with E-state index in [-0.39, 0.29) is 99.9 Å². The number of ether oxygens (including phenoxy) is 3. The summed E-state index contributed by atoms with van der Waals surface area (Å²) >= 11 is 13.7. The highest BCUT2D eigenvalue weighted by Crippen LogP contribution is 2.39. The van der Waals surface area contributed by atoms with Crippen LogP contribution in [-0.2, 0) is 26.0 Å². The van der Waals surface area contributed by atoms with Crippen LogP contribution in [0, 0.1) is 11.1 Å². The fourth-order valence-electron chi connectivity index (χ4n) is 4.97. The number of pyridine rings is 1. The van der Waals surface area contributed by atoms with Crippen molar-refractivity contribution in [3.63, 3.8) is 0 Å². The Hall–Kier alpha value is -3.12.